The van der Waals surface area contributed by atoms with Crippen molar-refractivity contribution in [2.24, 2.45) is 17.8 Å². The van der Waals surface area contributed by atoms with Gasteiger partial charge >= 0.3 is 0 Å². The lowest BCUT2D eigenvalue weighted by Crippen LogP contribution is -2.55. The average Bonchev–Trinajstić information content (AvgIpc) is 2.42. The van der Waals surface area contributed by atoms with Crippen LogP contribution in [0.3, 0.4) is 0 Å². The van der Waals surface area contributed by atoms with E-state index in [-0.39, 0.29) is 0 Å². The molecule has 4 unspecified atom stereocenters. The van der Waals surface area contributed by atoms with E-state index in [2.05, 4.69) is 58.8 Å². The summed E-state index contributed by atoms with van der Waals surface area (Å²) in [6, 6.07) is 2.06. The third kappa shape index (κ3) is 4.73. The van der Waals surface area contributed by atoms with Gasteiger partial charge in [0.05, 0.1) is 0 Å². The molecule has 0 aliphatic heterocycles. The van der Waals surface area contributed by atoms with Gasteiger partial charge in [-0.15, -0.1) is 0 Å². The Morgan fingerprint density at radius 2 is 1.75 bits per heavy atom. The summed E-state index contributed by atoms with van der Waals surface area (Å²) in [6.45, 7) is 15.3. The van der Waals surface area contributed by atoms with Crippen LogP contribution in [-0.4, -0.2) is 36.6 Å². The molecule has 0 bridgehead atoms. The zero-order chi connectivity index (χ0) is 15.3. The highest BCUT2D eigenvalue weighted by Crippen LogP contribution is 2.33. The Morgan fingerprint density at radius 3 is 2.25 bits per heavy atom. The number of nitrogens with one attached hydrogen (secondary N) is 1. The predicted molar refractivity (Wildman–Crippen MR) is 90.1 cm³/mol. The summed E-state index contributed by atoms with van der Waals surface area (Å²) in [5.74, 6) is 2.46. The Balaban J connectivity index is 2.74. The van der Waals surface area contributed by atoms with E-state index in [1.807, 2.05) is 0 Å². The first-order valence-electron chi connectivity index (χ1n) is 8.83. The van der Waals surface area contributed by atoms with Crippen LogP contribution in [0.2, 0.25) is 0 Å². The van der Waals surface area contributed by atoms with Gasteiger partial charge < -0.3 is 5.32 Å². The molecule has 0 amide bonds. The zero-order valence-electron chi connectivity index (χ0n) is 14.9. The van der Waals surface area contributed by atoms with Crippen molar-refractivity contribution in [3.8, 4) is 0 Å². The lowest BCUT2D eigenvalue weighted by molar-refractivity contribution is 0.0616. The summed E-state index contributed by atoms with van der Waals surface area (Å²) in [4.78, 5) is 2.66. The minimum absolute atomic E-state index is 0.664. The monoisotopic (exact) mass is 282 g/mol. The molecule has 1 rings (SSSR count). The van der Waals surface area contributed by atoms with E-state index >= 15 is 0 Å². The fraction of sp³-hybridized carbons (Fsp3) is 1.00. The molecule has 1 aliphatic carbocycles. The van der Waals surface area contributed by atoms with Crippen LogP contribution in [0.15, 0.2) is 0 Å². The SMILES string of the molecule is CCCNC1CCC(C(C)C)CC1N(C)C(C)C(C)C. The molecule has 0 aromatic rings. The molecule has 120 valence electrons. The molecule has 0 aromatic carbocycles. The summed E-state index contributed by atoms with van der Waals surface area (Å²) in [5, 5.41) is 3.81. The molecule has 0 aromatic heterocycles. The molecule has 1 aliphatic rings. The molecule has 0 saturated heterocycles. The van der Waals surface area contributed by atoms with E-state index in [1.54, 1.807) is 0 Å². The second kappa shape index (κ2) is 8.38. The van der Waals surface area contributed by atoms with Crippen LogP contribution in [0.4, 0.5) is 0 Å². The average molecular weight is 283 g/mol. The van der Waals surface area contributed by atoms with E-state index in [4.69, 9.17) is 0 Å². The fourth-order valence-electron chi connectivity index (χ4n) is 3.57. The van der Waals surface area contributed by atoms with Crippen molar-refractivity contribution >= 4 is 0 Å². The Hall–Kier alpha value is -0.0800. The lowest BCUT2D eigenvalue weighted by atomic mass is 9.76. The minimum Gasteiger partial charge on any atom is -0.312 e. The third-order valence-corrected chi connectivity index (χ3v) is 5.59. The van der Waals surface area contributed by atoms with Gasteiger partial charge in [0.1, 0.15) is 0 Å². The Labute approximate surface area is 127 Å². The Bertz CT molecular complexity index is 256. The summed E-state index contributed by atoms with van der Waals surface area (Å²) >= 11 is 0. The third-order valence-electron chi connectivity index (χ3n) is 5.59. The molecule has 0 radical (unpaired) electrons. The van der Waals surface area contributed by atoms with Gasteiger partial charge in [0, 0.05) is 18.1 Å². The van der Waals surface area contributed by atoms with Crippen LogP contribution in [0.5, 0.6) is 0 Å². The first-order chi connectivity index (χ1) is 9.38. The number of nitrogens with zero attached hydrogens (tertiary/aromatic N) is 1. The predicted octanol–water partition coefficient (Wildman–Crippen LogP) is 4.16. The number of rotatable bonds is 7. The highest BCUT2D eigenvalue weighted by atomic mass is 15.2. The molecule has 4 atom stereocenters. The smallest absolute Gasteiger partial charge is 0.0251 e. The van der Waals surface area contributed by atoms with Gasteiger partial charge in [-0.05, 0) is 64.0 Å². The first-order valence-corrected chi connectivity index (χ1v) is 8.83. The van der Waals surface area contributed by atoms with Gasteiger partial charge in [0.2, 0.25) is 0 Å². The second-order valence-corrected chi connectivity index (χ2v) is 7.60. The Kier molecular flexibility index (Phi) is 7.53. The normalized spacial score (nSPS) is 29.4. The number of hydrogen-bond acceptors (Lipinski definition) is 2. The van der Waals surface area contributed by atoms with E-state index in [1.165, 1.54) is 25.7 Å². The van der Waals surface area contributed by atoms with Gasteiger partial charge in [-0.3, -0.25) is 4.90 Å². The van der Waals surface area contributed by atoms with Crippen molar-refractivity contribution in [2.45, 2.75) is 85.4 Å². The van der Waals surface area contributed by atoms with Gasteiger partial charge in [0.15, 0.2) is 0 Å². The molecule has 20 heavy (non-hydrogen) atoms. The molecule has 0 heterocycles. The molecule has 0 spiro atoms. The van der Waals surface area contributed by atoms with E-state index < -0.39 is 0 Å². The topological polar surface area (TPSA) is 15.3 Å². The Morgan fingerprint density at radius 1 is 1.10 bits per heavy atom. The van der Waals surface area contributed by atoms with Gasteiger partial charge in [-0.1, -0.05) is 34.6 Å². The maximum absolute atomic E-state index is 3.81. The van der Waals surface area contributed by atoms with Crippen molar-refractivity contribution in [3.05, 3.63) is 0 Å². The highest BCUT2D eigenvalue weighted by molar-refractivity contribution is 4.92. The summed E-state index contributed by atoms with van der Waals surface area (Å²) in [5.41, 5.74) is 0. The summed E-state index contributed by atoms with van der Waals surface area (Å²) in [7, 11) is 2.35. The van der Waals surface area contributed by atoms with Crippen LogP contribution in [0, 0.1) is 17.8 Å². The number of hydrogen-bond donors (Lipinski definition) is 1. The molecule has 1 fully saturated rings. The molecule has 1 saturated carbocycles. The van der Waals surface area contributed by atoms with Crippen LogP contribution >= 0.6 is 0 Å². The van der Waals surface area contributed by atoms with Crippen LogP contribution in [0.25, 0.3) is 0 Å². The standard InChI is InChI=1S/C18H38N2/c1-8-11-19-17-10-9-16(14(4)5)12-18(17)20(7)15(6)13(2)3/h13-19H,8-12H2,1-7H3. The first kappa shape index (κ1) is 18.0. The zero-order valence-corrected chi connectivity index (χ0v) is 14.9. The number of likely N-dealkylation sites (N-methyl/N-ethyl adjacent to an activating group) is 1. The molecular weight excluding hydrogens is 244 g/mol. The van der Waals surface area contributed by atoms with Crippen LogP contribution < -0.4 is 5.32 Å². The van der Waals surface area contributed by atoms with E-state index in [0.29, 0.717) is 18.1 Å². The molecule has 1 N–H and O–H groups in total. The van der Waals surface area contributed by atoms with Crippen molar-refractivity contribution in [1.29, 1.82) is 0 Å². The second-order valence-electron chi connectivity index (χ2n) is 7.60. The molecule has 2 heteroatoms. The molecular formula is C18H38N2. The van der Waals surface area contributed by atoms with Gasteiger partial charge in [-0.2, -0.15) is 0 Å². The van der Waals surface area contributed by atoms with Gasteiger partial charge in [0.25, 0.3) is 0 Å². The van der Waals surface area contributed by atoms with Crippen molar-refractivity contribution in [1.82, 2.24) is 10.2 Å². The van der Waals surface area contributed by atoms with Crippen LogP contribution in [0.1, 0.15) is 67.2 Å². The van der Waals surface area contributed by atoms with Crippen molar-refractivity contribution in [3.63, 3.8) is 0 Å². The molecule has 2 nitrogen and oxygen atoms in total. The van der Waals surface area contributed by atoms with E-state index in [0.717, 1.165) is 24.3 Å². The van der Waals surface area contributed by atoms with Crippen molar-refractivity contribution in [2.75, 3.05) is 13.6 Å². The highest BCUT2D eigenvalue weighted by Gasteiger charge is 2.35. The van der Waals surface area contributed by atoms with Crippen molar-refractivity contribution < 1.29 is 0 Å². The lowest BCUT2D eigenvalue weighted by Gasteiger charge is -2.45. The summed E-state index contributed by atoms with van der Waals surface area (Å²) < 4.78 is 0. The van der Waals surface area contributed by atoms with E-state index in [9.17, 15) is 0 Å². The fourth-order valence-corrected chi connectivity index (χ4v) is 3.57. The maximum atomic E-state index is 3.81. The largest absolute Gasteiger partial charge is 0.312 e. The maximum Gasteiger partial charge on any atom is 0.0251 e. The van der Waals surface area contributed by atoms with Gasteiger partial charge in [-0.25, -0.2) is 0 Å². The summed E-state index contributed by atoms with van der Waals surface area (Å²) in [6.07, 6.45) is 5.36. The quantitative estimate of drug-likeness (QED) is 0.754. The minimum atomic E-state index is 0.664. The van der Waals surface area contributed by atoms with Crippen LogP contribution in [-0.2, 0) is 0 Å².